The molecule has 200 valence electrons. The summed E-state index contributed by atoms with van der Waals surface area (Å²) < 4.78 is 30.2. The van der Waals surface area contributed by atoms with E-state index >= 15 is 0 Å². The number of hydrogen-bond donors (Lipinski definition) is 0. The lowest BCUT2D eigenvalue weighted by molar-refractivity contribution is 0.108. The van der Waals surface area contributed by atoms with Crippen LogP contribution in [-0.2, 0) is 18.1 Å². The quantitative estimate of drug-likeness (QED) is 0.0848. The Kier molecular flexibility index (Phi) is 25.3. The van der Waals surface area contributed by atoms with Gasteiger partial charge in [-0.2, -0.15) is 0 Å². The van der Waals surface area contributed by atoms with E-state index in [0.717, 1.165) is 44.4 Å². The van der Waals surface area contributed by atoms with Gasteiger partial charge in [0.05, 0.1) is 19.8 Å². The van der Waals surface area contributed by atoms with E-state index in [9.17, 15) is 4.57 Å². The van der Waals surface area contributed by atoms with Gasteiger partial charge in [0.2, 0.25) is 0 Å². The zero-order valence-corrected chi connectivity index (χ0v) is 23.8. The molecule has 0 aliphatic rings. The zero-order valence-electron chi connectivity index (χ0n) is 22.9. The van der Waals surface area contributed by atoms with Crippen molar-refractivity contribution in [3.8, 4) is 0 Å². The highest BCUT2D eigenvalue weighted by molar-refractivity contribution is 7.48. The van der Waals surface area contributed by atoms with E-state index in [0.29, 0.717) is 19.8 Å². The van der Waals surface area contributed by atoms with Crippen molar-refractivity contribution in [1.82, 2.24) is 0 Å². The van der Waals surface area contributed by atoms with E-state index in [-0.39, 0.29) is 0 Å². The topological polar surface area (TPSA) is 44.8 Å². The van der Waals surface area contributed by atoms with E-state index in [1.54, 1.807) is 0 Å². The number of hydrogen-bond acceptors (Lipinski definition) is 4. The molecule has 0 aromatic carbocycles. The van der Waals surface area contributed by atoms with E-state index < -0.39 is 7.82 Å². The predicted molar refractivity (Wildman–Crippen MR) is 144 cm³/mol. The Hall–Kier alpha value is 0.110. The number of rotatable bonds is 27. The third-order valence-electron chi connectivity index (χ3n) is 6.17. The van der Waals surface area contributed by atoms with Crippen LogP contribution in [-0.4, -0.2) is 19.8 Å². The summed E-state index contributed by atoms with van der Waals surface area (Å²) in [6.07, 6.45) is 24.2. The first-order valence-electron chi connectivity index (χ1n) is 14.6. The Morgan fingerprint density at radius 1 is 0.485 bits per heavy atom. The molecule has 4 nitrogen and oxygen atoms in total. The minimum atomic E-state index is -3.43. The second kappa shape index (κ2) is 25.2. The van der Waals surface area contributed by atoms with Gasteiger partial charge in [-0.1, -0.05) is 137 Å². The summed E-state index contributed by atoms with van der Waals surface area (Å²) in [7, 11) is -3.43. The lowest BCUT2D eigenvalue weighted by Crippen LogP contribution is -2.04. The molecule has 0 N–H and O–H groups in total. The number of unbranched alkanes of at least 4 members (excludes halogenated alkanes) is 16. The van der Waals surface area contributed by atoms with Gasteiger partial charge in [-0.3, -0.25) is 13.6 Å². The maximum atomic E-state index is 13.1. The van der Waals surface area contributed by atoms with Crippen molar-refractivity contribution in [2.45, 2.75) is 156 Å². The molecule has 0 aromatic rings. The fourth-order valence-electron chi connectivity index (χ4n) is 3.94. The summed E-state index contributed by atoms with van der Waals surface area (Å²) in [5.41, 5.74) is 0. The maximum absolute atomic E-state index is 13.1. The van der Waals surface area contributed by atoms with E-state index in [4.69, 9.17) is 13.6 Å². The molecule has 0 spiro atoms. The third-order valence-corrected chi connectivity index (χ3v) is 7.67. The molecule has 5 heteroatoms. The first-order chi connectivity index (χ1) is 16.0. The van der Waals surface area contributed by atoms with Crippen LogP contribution in [0.2, 0.25) is 0 Å². The minimum absolute atomic E-state index is 0.463. The molecule has 0 radical (unpaired) electrons. The van der Waals surface area contributed by atoms with Crippen LogP contribution < -0.4 is 0 Å². The standard InChI is InChI=1S/C28H59O4P/c1-5-7-9-11-13-15-17-21-25-30-33(29,32-27-23-19-20-24-28(3)4)31-26-22-18-16-14-12-10-8-6-2/h28H,5-27H2,1-4H3. The summed E-state index contributed by atoms with van der Waals surface area (Å²) >= 11 is 0. The monoisotopic (exact) mass is 490 g/mol. The summed E-state index contributed by atoms with van der Waals surface area (Å²) in [5.74, 6) is 0.738. The van der Waals surface area contributed by atoms with Gasteiger partial charge in [0.1, 0.15) is 0 Å². The van der Waals surface area contributed by atoms with E-state index in [1.165, 1.54) is 89.9 Å². The van der Waals surface area contributed by atoms with Gasteiger partial charge in [-0.25, -0.2) is 4.57 Å². The normalized spacial score (nSPS) is 12.2. The highest BCUT2D eigenvalue weighted by atomic mass is 31.2. The third kappa shape index (κ3) is 25.0. The molecule has 0 amide bonds. The fraction of sp³-hybridized carbons (Fsp3) is 1.00. The average molecular weight is 491 g/mol. The predicted octanol–water partition coefficient (Wildman–Crippen LogP) is 10.6. The number of phosphoric acid groups is 1. The van der Waals surface area contributed by atoms with Gasteiger partial charge in [0.25, 0.3) is 0 Å². The molecule has 0 aromatic heterocycles. The van der Waals surface area contributed by atoms with Gasteiger partial charge in [-0.15, -0.1) is 0 Å². The summed E-state index contributed by atoms with van der Waals surface area (Å²) in [4.78, 5) is 0. The highest BCUT2D eigenvalue weighted by Crippen LogP contribution is 2.50. The first-order valence-corrected chi connectivity index (χ1v) is 16.0. The molecule has 0 saturated carbocycles. The summed E-state index contributed by atoms with van der Waals surface area (Å²) in [6.45, 7) is 10.4. The molecule has 0 aliphatic heterocycles. The molecule has 0 rings (SSSR count). The zero-order chi connectivity index (χ0) is 24.5. The van der Waals surface area contributed by atoms with Crippen LogP contribution in [0.4, 0.5) is 0 Å². The Balaban J connectivity index is 4.07. The SMILES string of the molecule is CCCCCCCCCCOP(=O)(OCCCCCCCCCC)OCCCCCC(C)C. The average Bonchev–Trinajstić information content (AvgIpc) is 2.79. The smallest absolute Gasteiger partial charge is 0.287 e. The van der Waals surface area contributed by atoms with Gasteiger partial charge in [-0.05, 0) is 25.2 Å². The molecular formula is C28H59O4P. The molecule has 0 aliphatic carbocycles. The second-order valence-corrected chi connectivity index (χ2v) is 11.8. The largest absolute Gasteiger partial charge is 0.474 e. The molecule has 0 heterocycles. The molecule has 0 bridgehead atoms. The van der Waals surface area contributed by atoms with Crippen molar-refractivity contribution in [2.75, 3.05) is 19.8 Å². The lowest BCUT2D eigenvalue weighted by Gasteiger charge is -2.18. The van der Waals surface area contributed by atoms with Gasteiger partial charge in [0, 0.05) is 0 Å². The molecule has 33 heavy (non-hydrogen) atoms. The Labute approximate surface area is 207 Å². The van der Waals surface area contributed by atoms with Crippen LogP contribution >= 0.6 is 7.82 Å². The van der Waals surface area contributed by atoms with Crippen molar-refractivity contribution in [3.63, 3.8) is 0 Å². The van der Waals surface area contributed by atoms with Crippen molar-refractivity contribution in [2.24, 2.45) is 5.92 Å². The number of phosphoric ester groups is 1. The maximum Gasteiger partial charge on any atom is 0.474 e. The first kappa shape index (κ1) is 33.1. The lowest BCUT2D eigenvalue weighted by atomic mass is 10.1. The molecule has 0 unspecified atom stereocenters. The molecule has 0 saturated heterocycles. The van der Waals surface area contributed by atoms with Crippen molar-refractivity contribution >= 4 is 7.82 Å². The van der Waals surface area contributed by atoms with Crippen LogP contribution in [0.1, 0.15) is 156 Å². The van der Waals surface area contributed by atoms with E-state index in [2.05, 4.69) is 27.7 Å². The molecular weight excluding hydrogens is 431 g/mol. The van der Waals surface area contributed by atoms with Crippen molar-refractivity contribution in [3.05, 3.63) is 0 Å². The molecule has 0 atom stereocenters. The summed E-state index contributed by atoms with van der Waals surface area (Å²) in [5, 5.41) is 0. The second-order valence-electron chi connectivity index (χ2n) is 10.1. The van der Waals surface area contributed by atoms with Crippen LogP contribution in [0, 0.1) is 5.92 Å². The van der Waals surface area contributed by atoms with Crippen LogP contribution in [0.3, 0.4) is 0 Å². The van der Waals surface area contributed by atoms with Crippen LogP contribution in [0.15, 0.2) is 0 Å². The van der Waals surface area contributed by atoms with Gasteiger partial charge >= 0.3 is 7.82 Å². The summed E-state index contributed by atoms with van der Waals surface area (Å²) in [6, 6.07) is 0. The van der Waals surface area contributed by atoms with Gasteiger partial charge in [0.15, 0.2) is 0 Å². The van der Waals surface area contributed by atoms with Crippen molar-refractivity contribution < 1.29 is 18.1 Å². The fourth-order valence-corrected chi connectivity index (χ4v) is 5.23. The Morgan fingerprint density at radius 2 is 0.788 bits per heavy atom. The van der Waals surface area contributed by atoms with Crippen LogP contribution in [0.25, 0.3) is 0 Å². The van der Waals surface area contributed by atoms with Crippen molar-refractivity contribution in [1.29, 1.82) is 0 Å². The Bertz CT molecular complexity index is 402. The Morgan fingerprint density at radius 3 is 1.12 bits per heavy atom. The minimum Gasteiger partial charge on any atom is -0.287 e. The van der Waals surface area contributed by atoms with Crippen LogP contribution in [0.5, 0.6) is 0 Å². The molecule has 0 fully saturated rings. The van der Waals surface area contributed by atoms with Gasteiger partial charge < -0.3 is 0 Å². The highest BCUT2D eigenvalue weighted by Gasteiger charge is 2.26. The van der Waals surface area contributed by atoms with E-state index in [1.807, 2.05) is 0 Å².